The molecule has 106 valence electrons. The lowest BCUT2D eigenvalue weighted by Crippen LogP contribution is -2.33. The zero-order valence-electron chi connectivity index (χ0n) is 12.7. The lowest BCUT2D eigenvalue weighted by atomic mass is 9.81. The van der Waals surface area contributed by atoms with E-state index in [-0.39, 0.29) is 0 Å². The van der Waals surface area contributed by atoms with Gasteiger partial charge in [-0.25, -0.2) is 0 Å². The predicted molar refractivity (Wildman–Crippen MR) is 80.4 cm³/mol. The number of phenols is 1. The van der Waals surface area contributed by atoms with Gasteiger partial charge in [0.05, 0.1) is 0 Å². The van der Waals surface area contributed by atoms with Crippen molar-refractivity contribution < 1.29 is 5.11 Å². The van der Waals surface area contributed by atoms with E-state index in [1.807, 2.05) is 6.07 Å². The van der Waals surface area contributed by atoms with Crippen LogP contribution in [-0.2, 0) is 6.42 Å². The fraction of sp³-hybridized carbons (Fsp3) is 0.647. The molecule has 0 radical (unpaired) electrons. The largest absolute Gasteiger partial charge is 0.508 e. The third-order valence-corrected chi connectivity index (χ3v) is 4.59. The summed E-state index contributed by atoms with van der Waals surface area (Å²) in [6.07, 6.45) is 3.55. The summed E-state index contributed by atoms with van der Waals surface area (Å²) in [7, 11) is 0. The molecule has 2 atom stereocenters. The van der Waals surface area contributed by atoms with Crippen LogP contribution in [0.3, 0.4) is 0 Å². The Hall–Kier alpha value is -1.02. The quantitative estimate of drug-likeness (QED) is 0.860. The van der Waals surface area contributed by atoms with Crippen LogP contribution in [0.4, 0.5) is 0 Å². The van der Waals surface area contributed by atoms with Gasteiger partial charge in [0.25, 0.3) is 0 Å². The average Bonchev–Trinajstić information content (AvgIpc) is 2.34. The highest BCUT2D eigenvalue weighted by Crippen LogP contribution is 2.33. The Morgan fingerprint density at radius 1 is 1.37 bits per heavy atom. The third kappa shape index (κ3) is 3.50. The Kier molecular flexibility index (Phi) is 4.19. The molecule has 0 aromatic heterocycles. The van der Waals surface area contributed by atoms with Crippen molar-refractivity contribution in [2.45, 2.75) is 53.0 Å². The van der Waals surface area contributed by atoms with E-state index in [0.29, 0.717) is 23.1 Å². The molecule has 1 aromatic rings. The minimum atomic E-state index is 0.337. The number of fused-ring (bicyclic) bond motifs is 1. The topological polar surface area (TPSA) is 32.3 Å². The number of aromatic hydroxyl groups is 1. The van der Waals surface area contributed by atoms with Crippen molar-refractivity contribution in [3.05, 3.63) is 29.3 Å². The van der Waals surface area contributed by atoms with E-state index in [2.05, 4.69) is 39.1 Å². The fourth-order valence-corrected chi connectivity index (χ4v) is 2.62. The second kappa shape index (κ2) is 5.54. The highest BCUT2D eigenvalue weighted by molar-refractivity contribution is 5.38. The lowest BCUT2D eigenvalue weighted by Gasteiger charge is -2.32. The molecule has 0 spiro atoms. The van der Waals surface area contributed by atoms with Crippen LogP contribution in [0.5, 0.6) is 5.75 Å². The molecule has 2 N–H and O–H groups in total. The summed E-state index contributed by atoms with van der Waals surface area (Å²) in [5.74, 6) is 1.02. The van der Waals surface area contributed by atoms with E-state index in [4.69, 9.17) is 0 Å². The SMILES string of the molecule is CC(CNC1CCCc2ccc(O)cc21)C(C)(C)C. The van der Waals surface area contributed by atoms with Gasteiger partial charge in [-0.1, -0.05) is 33.8 Å². The van der Waals surface area contributed by atoms with Gasteiger partial charge in [0.15, 0.2) is 0 Å². The van der Waals surface area contributed by atoms with E-state index >= 15 is 0 Å². The van der Waals surface area contributed by atoms with Crippen LogP contribution in [0.25, 0.3) is 0 Å². The van der Waals surface area contributed by atoms with Gasteiger partial charge >= 0.3 is 0 Å². The van der Waals surface area contributed by atoms with Gasteiger partial charge in [-0.15, -0.1) is 0 Å². The molecule has 0 heterocycles. The summed E-state index contributed by atoms with van der Waals surface area (Å²) in [5, 5.41) is 13.4. The summed E-state index contributed by atoms with van der Waals surface area (Å²) in [5.41, 5.74) is 3.03. The van der Waals surface area contributed by atoms with Gasteiger partial charge in [0.1, 0.15) is 5.75 Å². The lowest BCUT2D eigenvalue weighted by molar-refractivity contribution is 0.242. The van der Waals surface area contributed by atoms with Crippen molar-refractivity contribution in [3.63, 3.8) is 0 Å². The molecule has 1 aliphatic rings. The smallest absolute Gasteiger partial charge is 0.115 e. The van der Waals surface area contributed by atoms with E-state index in [0.717, 1.165) is 13.0 Å². The molecule has 0 saturated carbocycles. The van der Waals surface area contributed by atoms with Crippen molar-refractivity contribution >= 4 is 0 Å². The molecule has 2 unspecified atom stereocenters. The number of nitrogens with one attached hydrogen (secondary N) is 1. The molecular formula is C17H27NO. The molecule has 0 fully saturated rings. The Labute approximate surface area is 117 Å². The van der Waals surface area contributed by atoms with Gasteiger partial charge in [-0.2, -0.15) is 0 Å². The summed E-state index contributed by atoms with van der Waals surface area (Å²) in [6, 6.07) is 6.22. The highest BCUT2D eigenvalue weighted by atomic mass is 16.3. The molecule has 0 bridgehead atoms. The molecule has 19 heavy (non-hydrogen) atoms. The number of phenolic OH excluding ortho intramolecular Hbond substituents is 1. The summed E-state index contributed by atoms with van der Waals surface area (Å²) >= 11 is 0. The maximum atomic E-state index is 9.68. The molecule has 0 amide bonds. The normalized spacial score (nSPS) is 20.9. The Bertz CT molecular complexity index is 433. The van der Waals surface area contributed by atoms with Crippen molar-refractivity contribution in [3.8, 4) is 5.75 Å². The van der Waals surface area contributed by atoms with Crippen LogP contribution < -0.4 is 5.32 Å². The van der Waals surface area contributed by atoms with E-state index < -0.39 is 0 Å². The first-order valence-corrected chi connectivity index (χ1v) is 7.43. The average molecular weight is 261 g/mol. The van der Waals surface area contributed by atoms with E-state index in [9.17, 15) is 5.11 Å². The summed E-state index contributed by atoms with van der Waals surface area (Å²) in [4.78, 5) is 0. The van der Waals surface area contributed by atoms with Crippen LogP contribution in [0.2, 0.25) is 0 Å². The first-order valence-electron chi connectivity index (χ1n) is 7.43. The zero-order chi connectivity index (χ0) is 14.0. The standard InChI is InChI=1S/C17H27NO/c1-12(17(2,3)4)11-18-16-7-5-6-13-8-9-14(19)10-15(13)16/h8-10,12,16,18-19H,5-7,11H2,1-4H3. The maximum absolute atomic E-state index is 9.68. The first-order chi connectivity index (χ1) is 8.88. The molecule has 1 aromatic carbocycles. The number of rotatable bonds is 3. The monoisotopic (exact) mass is 261 g/mol. The van der Waals surface area contributed by atoms with Crippen molar-refractivity contribution in [1.29, 1.82) is 0 Å². The number of hydrogen-bond donors (Lipinski definition) is 2. The first kappa shape index (κ1) is 14.4. The van der Waals surface area contributed by atoms with Crippen molar-refractivity contribution in [2.24, 2.45) is 11.3 Å². The van der Waals surface area contributed by atoms with Gasteiger partial charge in [0, 0.05) is 6.04 Å². The Morgan fingerprint density at radius 2 is 2.11 bits per heavy atom. The fourth-order valence-electron chi connectivity index (χ4n) is 2.62. The minimum Gasteiger partial charge on any atom is -0.508 e. The molecule has 0 aliphatic heterocycles. The molecule has 2 rings (SSSR count). The summed E-state index contributed by atoms with van der Waals surface area (Å²) in [6.45, 7) is 10.2. The van der Waals surface area contributed by atoms with Gasteiger partial charge < -0.3 is 10.4 Å². The van der Waals surface area contributed by atoms with E-state index in [1.165, 1.54) is 24.0 Å². The zero-order valence-corrected chi connectivity index (χ0v) is 12.7. The molecule has 0 saturated heterocycles. The molecular weight excluding hydrogens is 234 g/mol. The maximum Gasteiger partial charge on any atom is 0.115 e. The second-order valence-corrected chi connectivity index (χ2v) is 7.00. The molecule has 2 nitrogen and oxygen atoms in total. The van der Waals surface area contributed by atoms with Gasteiger partial charge in [-0.05, 0) is 60.4 Å². The highest BCUT2D eigenvalue weighted by Gasteiger charge is 2.24. The Balaban J connectivity index is 2.05. The van der Waals surface area contributed by atoms with Crippen LogP contribution in [0.15, 0.2) is 18.2 Å². The third-order valence-electron chi connectivity index (χ3n) is 4.59. The van der Waals surface area contributed by atoms with Crippen LogP contribution in [0, 0.1) is 11.3 Å². The van der Waals surface area contributed by atoms with Crippen molar-refractivity contribution in [2.75, 3.05) is 6.54 Å². The van der Waals surface area contributed by atoms with Gasteiger partial charge in [0.2, 0.25) is 0 Å². The van der Waals surface area contributed by atoms with Crippen LogP contribution in [0.1, 0.15) is 57.7 Å². The van der Waals surface area contributed by atoms with E-state index in [1.54, 1.807) is 6.07 Å². The molecule has 2 heteroatoms. The minimum absolute atomic E-state index is 0.337. The predicted octanol–water partition coefficient (Wildman–Crippen LogP) is 4.04. The number of benzene rings is 1. The van der Waals surface area contributed by atoms with Crippen molar-refractivity contribution in [1.82, 2.24) is 5.32 Å². The number of aryl methyl sites for hydroxylation is 1. The summed E-state index contributed by atoms with van der Waals surface area (Å²) < 4.78 is 0. The molecule has 1 aliphatic carbocycles. The van der Waals surface area contributed by atoms with Crippen LogP contribution >= 0.6 is 0 Å². The van der Waals surface area contributed by atoms with Crippen LogP contribution in [-0.4, -0.2) is 11.7 Å². The van der Waals surface area contributed by atoms with Gasteiger partial charge in [-0.3, -0.25) is 0 Å². The number of hydrogen-bond acceptors (Lipinski definition) is 2. The second-order valence-electron chi connectivity index (χ2n) is 7.00. The Morgan fingerprint density at radius 3 is 2.79 bits per heavy atom.